The summed E-state index contributed by atoms with van der Waals surface area (Å²) in [5, 5.41) is 0.0851. The molecule has 0 aliphatic rings. The summed E-state index contributed by atoms with van der Waals surface area (Å²) >= 11 is 5.74. The molecule has 0 aliphatic heterocycles. The van der Waals surface area contributed by atoms with E-state index in [1.807, 2.05) is 0 Å². The van der Waals surface area contributed by atoms with E-state index in [9.17, 15) is 9.18 Å². The smallest absolute Gasteiger partial charge is 0.342 e. The van der Waals surface area contributed by atoms with Gasteiger partial charge in [0.25, 0.3) is 0 Å². The van der Waals surface area contributed by atoms with Crippen LogP contribution in [-0.2, 0) is 9.53 Å². The number of hydrogen-bond acceptors (Lipinski definition) is 4. The van der Waals surface area contributed by atoms with E-state index < -0.39 is 18.2 Å². The summed E-state index contributed by atoms with van der Waals surface area (Å²) in [5.74, 6) is -0.991. The van der Waals surface area contributed by atoms with Gasteiger partial charge in [0.15, 0.2) is 0 Å². The minimum atomic E-state index is -1.94. The van der Waals surface area contributed by atoms with Gasteiger partial charge in [0.1, 0.15) is 5.15 Å². The van der Waals surface area contributed by atoms with Crippen molar-refractivity contribution in [1.82, 2.24) is 4.98 Å². The molecule has 0 aromatic carbocycles. The molecule has 7 heteroatoms. The van der Waals surface area contributed by atoms with Crippen molar-refractivity contribution in [2.24, 2.45) is 5.73 Å². The molecule has 1 aromatic heterocycles. The third-order valence-electron chi connectivity index (χ3n) is 1.97. The summed E-state index contributed by atoms with van der Waals surface area (Å²) in [6, 6.07) is 1.92. The standard InChI is InChI=1S/C10H12ClFN2O2.ClH/c1-2-16-10(15)7(12)8(13)6-4-3-5-14-9(6)11;/h3-5,7-8H,2,13H2,1H3;1H/t7?,8-;/m1./s1. The second-order valence-electron chi connectivity index (χ2n) is 3.06. The molecular formula is C10H13Cl2FN2O2. The highest BCUT2D eigenvalue weighted by molar-refractivity contribution is 6.30. The van der Waals surface area contributed by atoms with Gasteiger partial charge >= 0.3 is 5.97 Å². The molecule has 0 radical (unpaired) electrons. The Kier molecular flexibility index (Phi) is 7.03. The SMILES string of the molecule is CCOC(=O)C(F)[C@H](N)c1cccnc1Cl.Cl. The van der Waals surface area contributed by atoms with Crippen LogP contribution in [0.3, 0.4) is 0 Å². The van der Waals surface area contributed by atoms with Crippen LogP contribution in [0.25, 0.3) is 0 Å². The Labute approximate surface area is 110 Å². The van der Waals surface area contributed by atoms with E-state index in [-0.39, 0.29) is 29.7 Å². The van der Waals surface area contributed by atoms with Gasteiger partial charge < -0.3 is 10.5 Å². The monoisotopic (exact) mass is 282 g/mol. The normalized spacial score (nSPS) is 13.4. The van der Waals surface area contributed by atoms with Crippen LogP contribution in [0.1, 0.15) is 18.5 Å². The molecule has 2 N–H and O–H groups in total. The first-order valence-corrected chi connectivity index (χ1v) is 5.12. The molecule has 0 spiro atoms. The summed E-state index contributed by atoms with van der Waals surface area (Å²) in [4.78, 5) is 14.9. The van der Waals surface area contributed by atoms with Crippen LogP contribution in [0.2, 0.25) is 5.15 Å². The number of ether oxygens (including phenoxy) is 1. The molecule has 17 heavy (non-hydrogen) atoms. The fraction of sp³-hybridized carbons (Fsp3) is 0.400. The first-order chi connectivity index (χ1) is 7.57. The predicted molar refractivity (Wildman–Crippen MR) is 65.0 cm³/mol. The van der Waals surface area contributed by atoms with Crippen molar-refractivity contribution in [2.75, 3.05) is 6.61 Å². The van der Waals surface area contributed by atoms with Gasteiger partial charge in [-0.2, -0.15) is 0 Å². The van der Waals surface area contributed by atoms with Gasteiger partial charge in [-0.3, -0.25) is 0 Å². The molecule has 0 amide bonds. The van der Waals surface area contributed by atoms with Gasteiger partial charge in [-0.05, 0) is 13.0 Å². The molecule has 0 bridgehead atoms. The lowest BCUT2D eigenvalue weighted by Gasteiger charge is -2.16. The van der Waals surface area contributed by atoms with Crippen LogP contribution in [0.15, 0.2) is 18.3 Å². The van der Waals surface area contributed by atoms with Crippen LogP contribution in [-0.4, -0.2) is 23.7 Å². The Morgan fingerprint density at radius 2 is 2.35 bits per heavy atom. The van der Waals surface area contributed by atoms with Gasteiger partial charge in [0, 0.05) is 11.8 Å². The van der Waals surface area contributed by atoms with Crippen molar-refractivity contribution in [2.45, 2.75) is 19.1 Å². The van der Waals surface area contributed by atoms with Crippen LogP contribution >= 0.6 is 24.0 Å². The predicted octanol–water partition coefficient (Wildman–Crippen LogP) is 2.06. The number of carbonyl (C=O) groups excluding carboxylic acids is 1. The van der Waals surface area contributed by atoms with E-state index in [1.165, 1.54) is 12.3 Å². The summed E-state index contributed by atoms with van der Waals surface area (Å²) in [7, 11) is 0. The summed E-state index contributed by atoms with van der Waals surface area (Å²) in [5.41, 5.74) is 5.85. The van der Waals surface area contributed by atoms with E-state index in [1.54, 1.807) is 13.0 Å². The van der Waals surface area contributed by atoms with Crippen molar-refractivity contribution >= 4 is 30.0 Å². The zero-order valence-corrected chi connectivity index (χ0v) is 10.7. The molecule has 1 unspecified atom stereocenters. The topological polar surface area (TPSA) is 65.2 Å². The molecular weight excluding hydrogens is 270 g/mol. The van der Waals surface area contributed by atoms with Crippen LogP contribution in [0.5, 0.6) is 0 Å². The molecule has 2 atom stereocenters. The lowest BCUT2D eigenvalue weighted by atomic mass is 10.1. The fourth-order valence-corrected chi connectivity index (χ4v) is 1.42. The third-order valence-corrected chi connectivity index (χ3v) is 2.29. The molecule has 0 aliphatic carbocycles. The average Bonchev–Trinajstić information content (AvgIpc) is 2.28. The number of nitrogens with two attached hydrogens (primary N) is 1. The molecule has 96 valence electrons. The van der Waals surface area contributed by atoms with Crippen LogP contribution in [0, 0.1) is 0 Å². The first kappa shape index (κ1) is 16.1. The second-order valence-corrected chi connectivity index (χ2v) is 3.42. The maximum absolute atomic E-state index is 13.6. The van der Waals surface area contributed by atoms with E-state index in [0.29, 0.717) is 0 Å². The van der Waals surface area contributed by atoms with Crippen molar-refractivity contribution < 1.29 is 13.9 Å². The highest BCUT2D eigenvalue weighted by Gasteiger charge is 2.29. The van der Waals surface area contributed by atoms with Gasteiger partial charge in [-0.1, -0.05) is 17.7 Å². The molecule has 1 rings (SSSR count). The zero-order chi connectivity index (χ0) is 12.1. The Hall–Kier alpha value is -0.910. The highest BCUT2D eigenvalue weighted by atomic mass is 35.5. The quantitative estimate of drug-likeness (QED) is 0.678. The van der Waals surface area contributed by atoms with Crippen molar-refractivity contribution in [3.05, 3.63) is 29.0 Å². The minimum absolute atomic E-state index is 0. The Balaban J connectivity index is 0.00000256. The van der Waals surface area contributed by atoms with Crippen LogP contribution < -0.4 is 5.73 Å². The number of hydrogen-bond donors (Lipinski definition) is 1. The number of carbonyl (C=O) groups is 1. The fourth-order valence-electron chi connectivity index (χ4n) is 1.17. The maximum Gasteiger partial charge on any atom is 0.342 e. The Morgan fingerprint density at radius 3 is 2.88 bits per heavy atom. The average molecular weight is 283 g/mol. The number of alkyl halides is 1. The largest absolute Gasteiger partial charge is 0.464 e. The van der Waals surface area contributed by atoms with Gasteiger partial charge in [0.05, 0.1) is 12.6 Å². The number of halogens is 3. The first-order valence-electron chi connectivity index (χ1n) is 4.74. The van der Waals surface area contributed by atoms with Gasteiger partial charge in [-0.25, -0.2) is 14.2 Å². The minimum Gasteiger partial charge on any atom is -0.464 e. The van der Waals surface area contributed by atoms with Crippen molar-refractivity contribution in [3.8, 4) is 0 Å². The summed E-state index contributed by atoms with van der Waals surface area (Å²) in [6.45, 7) is 1.69. The molecule has 0 saturated heterocycles. The lowest BCUT2D eigenvalue weighted by Crippen LogP contribution is -2.31. The second kappa shape index (κ2) is 7.42. The van der Waals surface area contributed by atoms with E-state index >= 15 is 0 Å². The molecule has 0 fully saturated rings. The number of aromatic nitrogens is 1. The van der Waals surface area contributed by atoms with Crippen molar-refractivity contribution in [3.63, 3.8) is 0 Å². The van der Waals surface area contributed by atoms with Crippen LogP contribution in [0.4, 0.5) is 4.39 Å². The number of pyridine rings is 1. The molecule has 4 nitrogen and oxygen atoms in total. The van der Waals surface area contributed by atoms with Gasteiger partial charge in [0.2, 0.25) is 6.17 Å². The molecule has 1 heterocycles. The van der Waals surface area contributed by atoms with Crippen molar-refractivity contribution in [1.29, 1.82) is 0 Å². The summed E-state index contributed by atoms with van der Waals surface area (Å²) in [6.07, 6.45) is -0.488. The van der Waals surface area contributed by atoms with E-state index in [0.717, 1.165) is 0 Å². The Morgan fingerprint density at radius 1 is 1.71 bits per heavy atom. The summed E-state index contributed by atoms with van der Waals surface area (Å²) < 4.78 is 18.1. The highest BCUT2D eigenvalue weighted by Crippen LogP contribution is 2.23. The third kappa shape index (κ3) is 4.11. The van der Waals surface area contributed by atoms with E-state index in [4.69, 9.17) is 17.3 Å². The zero-order valence-electron chi connectivity index (χ0n) is 9.10. The molecule has 1 aromatic rings. The Bertz CT molecular complexity index is 379. The maximum atomic E-state index is 13.6. The van der Waals surface area contributed by atoms with Gasteiger partial charge in [-0.15, -0.1) is 12.4 Å². The lowest BCUT2D eigenvalue weighted by molar-refractivity contribution is -0.149. The molecule has 0 saturated carbocycles. The number of rotatable bonds is 4. The number of esters is 1. The number of nitrogens with zero attached hydrogens (tertiary/aromatic N) is 1. The van der Waals surface area contributed by atoms with E-state index in [2.05, 4.69) is 9.72 Å².